The molecule has 1 fully saturated rings. The molecule has 4 N–H and O–H groups in total. The molecule has 0 saturated carbocycles. The summed E-state index contributed by atoms with van der Waals surface area (Å²) < 4.78 is 24.3. The molecule has 19 heavy (non-hydrogen) atoms. The first kappa shape index (κ1) is 15.9. The van der Waals surface area contributed by atoms with Gasteiger partial charge in [0.2, 0.25) is 21.8 Å². The number of nitrogens with one attached hydrogen (secondary N) is 1. The Balaban J connectivity index is 2.65. The van der Waals surface area contributed by atoms with Gasteiger partial charge in [0.05, 0.1) is 12.8 Å². The van der Waals surface area contributed by atoms with Crippen LogP contribution in [0.2, 0.25) is 0 Å². The summed E-state index contributed by atoms with van der Waals surface area (Å²) in [6, 6.07) is -0.788. The third kappa shape index (κ3) is 4.44. The molecule has 0 aliphatic carbocycles. The van der Waals surface area contributed by atoms with Crippen LogP contribution in [0.15, 0.2) is 0 Å². The van der Waals surface area contributed by atoms with Crippen molar-refractivity contribution in [2.45, 2.75) is 31.4 Å². The molecular weight excluding hydrogens is 274 g/mol. The summed E-state index contributed by atoms with van der Waals surface area (Å²) in [7, 11) is -3.46. The minimum Gasteiger partial charge on any atom is -0.381 e. The Bertz CT molecular complexity index is 450. The number of nitrogens with two attached hydrogens (primary N) is 1. The molecule has 1 heterocycles. The molecule has 0 radical (unpaired) electrons. The second kappa shape index (κ2) is 6.31. The van der Waals surface area contributed by atoms with Crippen LogP contribution in [0.25, 0.3) is 0 Å². The van der Waals surface area contributed by atoms with Crippen LogP contribution in [0.1, 0.15) is 19.3 Å². The minimum atomic E-state index is -3.46. The lowest BCUT2D eigenvalue weighted by molar-refractivity contribution is -0.128. The summed E-state index contributed by atoms with van der Waals surface area (Å²) in [5.74, 6) is -1.46. The molecule has 1 aliphatic rings. The van der Waals surface area contributed by atoms with Crippen molar-refractivity contribution in [3.63, 3.8) is 0 Å². The molecule has 0 aromatic rings. The largest absolute Gasteiger partial charge is 0.381 e. The number of sulfonamides is 1. The van der Waals surface area contributed by atoms with E-state index in [-0.39, 0.29) is 6.54 Å². The molecule has 1 rings (SSSR count). The van der Waals surface area contributed by atoms with Crippen LogP contribution < -0.4 is 11.1 Å². The van der Waals surface area contributed by atoms with Crippen molar-refractivity contribution in [2.24, 2.45) is 5.73 Å². The minimum absolute atomic E-state index is 0.301. The highest BCUT2D eigenvalue weighted by Crippen LogP contribution is 2.19. The summed E-state index contributed by atoms with van der Waals surface area (Å²) in [5.41, 5.74) is 4.85. The molecule has 0 aromatic carbocycles. The van der Waals surface area contributed by atoms with Crippen LogP contribution >= 0.6 is 0 Å². The number of piperidine rings is 1. The van der Waals surface area contributed by atoms with Gasteiger partial charge < -0.3 is 16.2 Å². The van der Waals surface area contributed by atoms with Crippen LogP contribution in [0.5, 0.6) is 0 Å². The Labute approximate surface area is 112 Å². The highest BCUT2D eigenvalue weighted by Gasteiger charge is 2.34. The lowest BCUT2D eigenvalue weighted by Crippen LogP contribution is -2.53. The van der Waals surface area contributed by atoms with Crippen molar-refractivity contribution in [3.8, 4) is 0 Å². The number of amides is 2. The summed E-state index contributed by atoms with van der Waals surface area (Å²) in [6.45, 7) is -0.0163. The number of rotatable bonds is 5. The number of carbonyl (C=O) groups excluding carboxylic acids is 2. The number of aliphatic hydroxyl groups is 1. The Morgan fingerprint density at radius 3 is 2.63 bits per heavy atom. The molecule has 8 nitrogen and oxygen atoms in total. The van der Waals surface area contributed by atoms with E-state index >= 15 is 0 Å². The summed E-state index contributed by atoms with van der Waals surface area (Å²) in [4.78, 5) is 22.5. The predicted octanol–water partition coefficient (Wildman–Crippen LogP) is -2.24. The van der Waals surface area contributed by atoms with E-state index in [2.05, 4.69) is 5.32 Å². The van der Waals surface area contributed by atoms with Gasteiger partial charge in [-0.25, -0.2) is 8.42 Å². The zero-order valence-corrected chi connectivity index (χ0v) is 11.5. The third-order valence-electron chi connectivity index (χ3n) is 2.98. The Hall–Kier alpha value is -1.19. The van der Waals surface area contributed by atoms with Crippen LogP contribution in [-0.4, -0.2) is 61.1 Å². The number of hydrogen-bond donors (Lipinski definition) is 3. The average molecular weight is 293 g/mol. The fraction of sp³-hybridized carbons (Fsp3) is 0.800. The molecule has 1 aliphatic heterocycles. The molecule has 9 heteroatoms. The maximum Gasteiger partial charge on any atom is 0.248 e. The molecule has 2 atom stereocenters. The number of nitrogens with zero attached hydrogens (tertiary/aromatic N) is 1. The third-order valence-corrected chi connectivity index (χ3v) is 4.27. The zero-order valence-electron chi connectivity index (χ0n) is 10.7. The van der Waals surface area contributed by atoms with E-state index in [1.807, 2.05) is 0 Å². The van der Waals surface area contributed by atoms with Gasteiger partial charge in [-0.15, -0.1) is 0 Å². The zero-order chi connectivity index (χ0) is 14.6. The van der Waals surface area contributed by atoms with Crippen LogP contribution in [0, 0.1) is 0 Å². The molecule has 110 valence electrons. The monoisotopic (exact) mass is 293 g/mol. The van der Waals surface area contributed by atoms with Gasteiger partial charge in [0.15, 0.2) is 0 Å². The smallest absolute Gasteiger partial charge is 0.248 e. The fourth-order valence-electron chi connectivity index (χ4n) is 1.98. The highest BCUT2D eigenvalue weighted by molar-refractivity contribution is 7.88. The second-order valence-electron chi connectivity index (χ2n) is 4.55. The van der Waals surface area contributed by atoms with Crippen LogP contribution in [-0.2, 0) is 19.6 Å². The first-order valence-corrected chi connectivity index (χ1v) is 7.80. The van der Waals surface area contributed by atoms with E-state index < -0.39 is 34.0 Å². The van der Waals surface area contributed by atoms with Crippen molar-refractivity contribution >= 4 is 21.8 Å². The van der Waals surface area contributed by atoms with Gasteiger partial charge in [0.25, 0.3) is 0 Å². The van der Waals surface area contributed by atoms with Crippen molar-refractivity contribution in [1.29, 1.82) is 0 Å². The normalized spacial score (nSPS) is 22.7. The number of carbonyl (C=O) groups is 2. The lowest BCUT2D eigenvalue weighted by Gasteiger charge is -2.32. The quantitative estimate of drug-likeness (QED) is 0.528. The summed E-state index contributed by atoms with van der Waals surface area (Å²) in [5, 5.41) is 11.5. The Morgan fingerprint density at radius 2 is 2.11 bits per heavy atom. The lowest BCUT2D eigenvalue weighted by atomic mass is 10.0. The topological polar surface area (TPSA) is 130 Å². The van der Waals surface area contributed by atoms with Crippen molar-refractivity contribution in [3.05, 3.63) is 0 Å². The van der Waals surface area contributed by atoms with Gasteiger partial charge in [0.1, 0.15) is 12.1 Å². The van der Waals surface area contributed by atoms with E-state index in [0.29, 0.717) is 19.4 Å². The van der Waals surface area contributed by atoms with E-state index in [4.69, 9.17) is 5.73 Å². The summed E-state index contributed by atoms with van der Waals surface area (Å²) >= 11 is 0. The van der Waals surface area contributed by atoms with Gasteiger partial charge in [-0.05, 0) is 12.8 Å². The SMILES string of the molecule is CS(=O)(=O)N1CCCCC1C(=O)NCC(O)C(N)=O. The Kier molecular flexibility index (Phi) is 5.27. The van der Waals surface area contributed by atoms with Crippen molar-refractivity contribution < 1.29 is 23.1 Å². The van der Waals surface area contributed by atoms with Gasteiger partial charge >= 0.3 is 0 Å². The van der Waals surface area contributed by atoms with E-state index in [1.165, 1.54) is 0 Å². The number of primary amides is 1. The van der Waals surface area contributed by atoms with E-state index in [9.17, 15) is 23.1 Å². The molecule has 0 aromatic heterocycles. The molecule has 0 bridgehead atoms. The van der Waals surface area contributed by atoms with Gasteiger partial charge in [-0.2, -0.15) is 4.31 Å². The summed E-state index contributed by atoms with van der Waals surface area (Å²) in [6.07, 6.45) is 1.46. The van der Waals surface area contributed by atoms with Crippen molar-refractivity contribution in [1.82, 2.24) is 9.62 Å². The second-order valence-corrected chi connectivity index (χ2v) is 6.48. The van der Waals surface area contributed by atoms with E-state index in [1.54, 1.807) is 0 Å². The maximum absolute atomic E-state index is 11.9. The standard InChI is InChI=1S/C10H19N3O5S/c1-19(17,18)13-5-3-2-4-7(13)10(16)12-6-8(14)9(11)15/h7-8,14H,2-6H2,1H3,(H2,11,15)(H,12,16). The molecule has 0 spiro atoms. The Morgan fingerprint density at radius 1 is 1.47 bits per heavy atom. The fourth-order valence-corrected chi connectivity index (χ4v) is 3.10. The van der Waals surface area contributed by atoms with E-state index in [0.717, 1.165) is 17.0 Å². The van der Waals surface area contributed by atoms with Crippen molar-refractivity contribution in [2.75, 3.05) is 19.3 Å². The molecule has 2 amide bonds. The van der Waals surface area contributed by atoms with Gasteiger partial charge in [0, 0.05) is 6.54 Å². The highest BCUT2D eigenvalue weighted by atomic mass is 32.2. The predicted molar refractivity (Wildman–Crippen MR) is 67.4 cm³/mol. The van der Waals surface area contributed by atoms with Gasteiger partial charge in [-0.3, -0.25) is 9.59 Å². The maximum atomic E-state index is 11.9. The first-order valence-electron chi connectivity index (χ1n) is 5.95. The van der Waals surface area contributed by atoms with Crippen LogP contribution in [0.4, 0.5) is 0 Å². The van der Waals surface area contributed by atoms with Crippen LogP contribution in [0.3, 0.4) is 0 Å². The molecular formula is C10H19N3O5S. The van der Waals surface area contributed by atoms with Gasteiger partial charge in [-0.1, -0.05) is 6.42 Å². The number of aliphatic hydroxyl groups excluding tert-OH is 1. The number of hydrogen-bond acceptors (Lipinski definition) is 5. The molecule has 2 unspecified atom stereocenters. The first-order chi connectivity index (χ1) is 8.73. The molecule has 1 saturated heterocycles. The average Bonchev–Trinajstić information content (AvgIpc) is 2.34.